The molecule has 2 aromatic rings. The molecule has 43 heavy (non-hydrogen) atoms. The first kappa shape index (κ1) is 29.5. The van der Waals surface area contributed by atoms with Gasteiger partial charge in [-0.3, -0.25) is 19.4 Å². The molecule has 1 fully saturated rings. The summed E-state index contributed by atoms with van der Waals surface area (Å²) in [5.74, 6) is 1.08. The number of aryl methyl sites for hydroxylation is 1. The lowest BCUT2D eigenvalue weighted by Crippen LogP contribution is -2.69. The Hall–Kier alpha value is -3.54. The van der Waals surface area contributed by atoms with Gasteiger partial charge in [-0.1, -0.05) is 19.9 Å². The number of piperazine rings is 1. The summed E-state index contributed by atoms with van der Waals surface area (Å²) in [6.07, 6.45) is 0.866. The van der Waals surface area contributed by atoms with Gasteiger partial charge in [0.25, 0.3) is 0 Å². The predicted octanol–water partition coefficient (Wildman–Crippen LogP) is 3.60. The van der Waals surface area contributed by atoms with Crippen molar-refractivity contribution in [3.05, 3.63) is 39.4 Å². The minimum absolute atomic E-state index is 0.00425. The molecule has 1 unspecified atom stereocenters. The van der Waals surface area contributed by atoms with E-state index in [9.17, 15) is 19.8 Å². The van der Waals surface area contributed by atoms with E-state index < -0.39 is 18.2 Å². The highest BCUT2D eigenvalue weighted by Crippen LogP contribution is 2.58. The van der Waals surface area contributed by atoms with E-state index in [-0.39, 0.29) is 49.7 Å². The molecule has 2 bridgehead atoms. The number of aromatic hydroxyl groups is 1. The molecule has 2 N–H and O–H groups in total. The van der Waals surface area contributed by atoms with Gasteiger partial charge in [0.15, 0.2) is 23.0 Å². The molecule has 0 radical (unpaired) electrons. The first-order valence-electron chi connectivity index (χ1n) is 15.0. The zero-order valence-electron chi connectivity index (χ0n) is 25.6. The summed E-state index contributed by atoms with van der Waals surface area (Å²) < 4.78 is 29.2. The van der Waals surface area contributed by atoms with Gasteiger partial charge < -0.3 is 33.9 Å². The number of esters is 2. The van der Waals surface area contributed by atoms with Crippen LogP contribution in [-0.4, -0.2) is 77.3 Å². The van der Waals surface area contributed by atoms with Gasteiger partial charge in [0, 0.05) is 41.6 Å². The molecule has 4 heterocycles. The van der Waals surface area contributed by atoms with Crippen LogP contribution in [0.3, 0.4) is 0 Å². The number of fused-ring (bicyclic) bond motifs is 9. The van der Waals surface area contributed by atoms with E-state index in [0.717, 1.165) is 22.3 Å². The number of rotatable bonds is 7. The van der Waals surface area contributed by atoms with Crippen LogP contribution in [0.1, 0.15) is 79.1 Å². The predicted molar refractivity (Wildman–Crippen MR) is 155 cm³/mol. The second-order valence-corrected chi connectivity index (χ2v) is 11.8. The van der Waals surface area contributed by atoms with Crippen LogP contribution in [0.15, 0.2) is 6.07 Å². The summed E-state index contributed by atoms with van der Waals surface area (Å²) in [7, 11) is 1.54. The van der Waals surface area contributed by atoms with Crippen molar-refractivity contribution in [1.29, 1.82) is 0 Å². The number of aliphatic hydroxyl groups is 1. The SMILES string of the molecule is CCCC(=O)OC[C@H]1c2c(c(OC(C)=O)c(C)c3c2OCO3)CC2[C@H]3c4c(cc(C)c(OC)c4O)C[C@@H]([C@H](O)N21)N3CC. The Morgan fingerprint density at radius 1 is 1.07 bits per heavy atom. The fraction of sp³-hybridized carbons (Fsp3) is 0.562. The zero-order chi connectivity index (χ0) is 30.7. The number of likely N-dealkylation sites (N-methyl/N-ethyl adjacent to an activating group) is 1. The molecule has 232 valence electrons. The Bertz CT molecular complexity index is 1470. The number of nitrogens with zero attached hydrogens (tertiary/aromatic N) is 2. The van der Waals surface area contributed by atoms with Crippen LogP contribution < -0.4 is 18.9 Å². The summed E-state index contributed by atoms with van der Waals surface area (Å²) in [5.41, 5.74) is 4.61. The minimum atomic E-state index is -0.932. The van der Waals surface area contributed by atoms with Crippen molar-refractivity contribution in [3.8, 4) is 28.7 Å². The molecule has 0 saturated carbocycles. The maximum Gasteiger partial charge on any atom is 0.308 e. The van der Waals surface area contributed by atoms with Crippen LogP contribution in [-0.2, 0) is 27.2 Å². The van der Waals surface area contributed by atoms with E-state index in [4.69, 9.17) is 23.7 Å². The fourth-order valence-corrected chi connectivity index (χ4v) is 7.81. The number of benzene rings is 2. The highest BCUT2D eigenvalue weighted by Gasteiger charge is 2.57. The number of phenolic OH excluding ortho intramolecular Hbond substituents is 1. The van der Waals surface area contributed by atoms with Crippen molar-refractivity contribution in [2.75, 3.05) is 27.1 Å². The topological polar surface area (TPSA) is 127 Å². The second kappa shape index (κ2) is 11.2. The van der Waals surface area contributed by atoms with Crippen molar-refractivity contribution in [1.82, 2.24) is 9.80 Å². The summed E-state index contributed by atoms with van der Waals surface area (Å²) in [6, 6.07) is 0.394. The lowest BCUT2D eigenvalue weighted by Gasteiger charge is -2.60. The van der Waals surface area contributed by atoms with E-state index in [1.54, 1.807) is 7.11 Å². The number of aliphatic hydroxyl groups excluding tert-OH is 1. The molecular weight excluding hydrogens is 556 g/mol. The molecule has 5 atom stereocenters. The fourth-order valence-electron chi connectivity index (χ4n) is 7.81. The number of phenols is 1. The molecule has 11 heteroatoms. The Morgan fingerprint density at radius 2 is 1.81 bits per heavy atom. The second-order valence-electron chi connectivity index (χ2n) is 11.8. The van der Waals surface area contributed by atoms with E-state index in [1.165, 1.54) is 6.92 Å². The molecule has 4 aliphatic rings. The third-order valence-corrected chi connectivity index (χ3v) is 9.39. The molecule has 6 rings (SSSR count). The first-order chi connectivity index (χ1) is 20.6. The van der Waals surface area contributed by atoms with Gasteiger partial charge in [-0.2, -0.15) is 0 Å². The Morgan fingerprint density at radius 3 is 2.49 bits per heavy atom. The first-order valence-corrected chi connectivity index (χ1v) is 15.0. The van der Waals surface area contributed by atoms with E-state index in [1.807, 2.05) is 38.7 Å². The minimum Gasteiger partial charge on any atom is -0.504 e. The normalized spacial score (nSPS) is 25.4. The molecule has 0 aliphatic carbocycles. The van der Waals surface area contributed by atoms with Crippen LogP contribution in [0.5, 0.6) is 28.7 Å². The lowest BCUT2D eigenvalue weighted by atomic mass is 9.73. The highest BCUT2D eigenvalue weighted by atomic mass is 16.7. The van der Waals surface area contributed by atoms with Gasteiger partial charge >= 0.3 is 11.9 Å². The molecule has 11 nitrogen and oxygen atoms in total. The van der Waals surface area contributed by atoms with E-state index >= 15 is 0 Å². The molecule has 2 aromatic carbocycles. The van der Waals surface area contributed by atoms with Crippen LogP contribution >= 0.6 is 0 Å². The van der Waals surface area contributed by atoms with Crippen LogP contribution in [0, 0.1) is 13.8 Å². The number of carbonyl (C=O) groups excluding carboxylic acids is 2. The zero-order valence-corrected chi connectivity index (χ0v) is 25.6. The average molecular weight is 597 g/mol. The Kier molecular flexibility index (Phi) is 7.68. The lowest BCUT2D eigenvalue weighted by molar-refractivity contribution is -0.187. The standard InChI is InChI=1S/C32H40N2O9/c1-7-9-23(36)40-13-22-25-19(29(43-17(5)35)16(4)30-31(25)42-14-41-30)12-20-26-24-18(10-15(3)28(39-6)27(24)37)11-21(33(26)8-2)32(38)34(20)22/h10,20-22,26,32,37-38H,7-9,11-14H2,1-6H3/t20?,21-,22-,26-,32-/m0/s1. The Balaban J connectivity index is 1.59. The maximum atomic E-state index is 12.7. The monoisotopic (exact) mass is 596 g/mol. The van der Waals surface area contributed by atoms with Gasteiger partial charge in [-0.05, 0) is 50.8 Å². The molecule has 1 saturated heterocycles. The van der Waals surface area contributed by atoms with Crippen molar-refractivity contribution < 1.29 is 43.5 Å². The van der Waals surface area contributed by atoms with Crippen molar-refractivity contribution in [2.24, 2.45) is 0 Å². The molecule has 0 aromatic heterocycles. The van der Waals surface area contributed by atoms with Gasteiger partial charge in [-0.25, -0.2) is 0 Å². The van der Waals surface area contributed by atoms with E-state index in [2.05, 4.69) is 4.90 Å². The average Bonchev–Trinajstić information content (AvgIpc) is 3.46. The summed E-state index contributed by atoms with van der Waals surface area (Å²) in [4.78, 5) is 29.3. The van der Waals surface area contributed by atoms with Crippen LogP contribution in [0.4, 0.5) is 0 Å². The summed E-state index contributed by atoms with van der Waals surface area (Å²) in [6.45, 7) is 9.62. The number of hydrogen-bond acceptors (Lipinski definition) is 11. The maximum absolute atomic E-state index is 12.7. The van der Waals surface area contributed by atoms with Crippen molar-refractivity contribution >= 4 is 11.9 Å². The molecule has 0 amide bonds. The largest absolute Gasteiger partial charge is 0.504 e. The van der Waals surface area contributed by atoms with Gasteiger partial charge in [0.1, 0.15) is 18.6 Å². The highest BCUT2D eigenvalue weighted by molar-refractivity contribution is 5.74. The number of carbonyl (C=O) groups is 2. The quantitative estimate of drug-likeness (QED) is 0.360. The summed E-state index contributed by atoms with van der Waals surface area (Å²) >= 11 is 0. The van der Waals surface area contributed by atoms with Crippen LogP contribution in [0.2, 0.25) is 0 Å². The van der Waals surface area contributed by atoms with Gasteiger partial charge in [-0.15, -0.1) is 0 Å². The summed E-state index contributed by atoms with van der Waals surface area (Å²) in [5, 5.41) is 23.8. The third kappa shape index (κ3) is 4.51. The van der Waals surface area contributed by atoms with Gasteiger partial charge in [0.2, 0.25) is 6.79 Å². The Labute approximate surface area is 251 Å². The molecule has 4 aliphatic heterocycles. The number of methoxy groups -OCH3 is 1. The van der Waals surface area contributed by atoms with Crippen molar-refractivity contribution in [3.63, 3.8) is 0 Å². The van der Waals surface area contributed by atoms with Crippen molar-refractivity contribution in [2.45, 2.75) is 90.7 Å². The molecule has 0 spiro atoms. The van der Waals surface area contributed by atoms with E-state index in [0.29, 0.717) is 59.9 Å². The number of hydrogen-bond donors (Lipinski definition) is 2. The van der Waals surface area contributed by atoms with Crippen LogP contribution in [0.25, 0.3) is 0 Å². The third-order valence-electron chi connectivity index (χ3n) is 9.39. The smallest absolute Gasteiger partial charge is 0.308 e. The van der Waals surface area contributed by atoms with Gasteiger partial charge in [0.05, 0.1) is 25.2 Å². The number of ether oxygens (including phenoxy) is 5. The molecular formula is C32H40N2O9.